The van der Waals surface area contributed by atoms with Crippen LogP contribution in [0.15, 0.2) is 42.7 Å². The van der Waals surface area contributed by atoms with Crippen LogP contribution in [0, 0.1) is 0 Å². The number of nitrogens with zero attached hydrogens (tertiary/aromatic N) is 3. The number of amides is 1. The van der Waals surface area contributed by atoms with E-state index in [1.807, 2.05) is 19.4 Å². The summed E-state index contributed by atoms with van der Waals surface area (Å²) in [6, 6.07) is 10.7. The maximum absolute atomic E-state index is 11.9. The van der Waals surface area contributed by atoms with Gasteiger partial charge in [0, 0.05) is 39.3 Å². The second-order valence-corrected chi connectivity index (χ2v) is 6.57. The van der Waals surface area contributed by atoms with Gasteiger partial charge in [0.05, 0.1) is 6.20 Å². The van der Waals surface area contributed by atoms with Crippen LogP contribution in [0.4, 0.5) is 0 Å². The summed E-state index contributed by atoms with van der Waals surface area (Å²) in [7, 11) is 1.89. The number of carbonyl (C=O) groups is 1. The van der Waals surface area contributed by atoms with Crippen LogP contribution in [0.2, 0.25) is 0 Å². The monoisotopic (exact) mass is 326 g/mol. The fourth-order valence-corrected chi connectivity index (χ4v) is 3.33. The summed E-state index contributed by atoms with van der Waals surface area (Å²) in [4.78, 5) is 14.4. The van der Waals surface area contributed by atoms with Crippen molar-refractivity contribution in [2.24, 2.45) is 7.05 Å². The van der Waals surface area contributed by atoms with Gasteiger partial charge < -0.3 is 10.2 Å². The Morgan fingerprint density at radius 3 is 2.92 bits per heavy atom. The molecular formula is C19H26N4O. The second kappa shape index (κ2) is 8.11. The van der Waals surface area contributed by atoms with E-state index in [0.29, 0.717) is 12.3 Å². The standard InChI is InChI=1S/C19H26N4O/c1-22-14-16(13-21-22)7-8-19(24)20-10-12-23-11-9-18(15-23)17-5-3-2-4-6-17/h2-6,13-14,18H,7-12,15H2,1H3,(H,20,24)/t18-/m1/s1. The minimum atomic E-state index is 0.123. The summed E-state index contributed by atoms with van der Waals surface area (Å²) in [6.07, 6.45) is 6.26. The van der Waals surface area contributed by atoms with E-state index in [1.54, 1.807) is 4.68 Å². The zero-order valence-electron chi connectivity index (χ0n) is 14.3. The summed E-state index contributed by atoms with van der Waals surface area (Å²) in [5.74, 6) is 0.755. The van der Waals surface area contributed by atoms with E-state index >= 15 is 0 Å². The number of carbonyl (C=O) groups excluding carboxylic acids is 1. The van der Waals surface area contributed by atoms with Crippen molar-refractivity contribution in [1.82, 2.24) is 20.0 Å². The average Bonchev–Trinajstić information content (AvgIpc) is 3.23. The van der Waals surface area contributed by atoms with Gasteiger partial charge in [0.2, 0.25) is 5.91 Å². The zero-order valence-corrected chi connectivity index (χ0v) is 14.3. The van der Waals surface area contributed by atoms with Crippen molar-refractivity contribution in [3.05, 3.63) is 53.9 Å². The number of aromatic nitrogens is 2. The summed E-state index contributed by atoms with van der Waals surface area (Å²) in [6.45, 7) is 3.87. The molecule has 0 aliphatic carbocycles. The van der Waals surface area contributed by atoms with Crippen molar-refractivity contribution >= 4 is 5.91 Å². The van der Waals surface area contributed by atoms with Crippen LogP contribution in [0.3, 0.4) is 0 Å². The largest absolute Gasteiger partial charge is 0.355 e. The van der Waals surface area contributed by atoms with E-state index in [9.17, 15) is 4.79 Å². The Morgan fingerprint density at radius 2 is 2.17 bits per heavy atom. The Balaban J connectivity index is 1.33. The Kier molecular flexibility index (Phi) is 5.64. The van der Waals surface area contributed by atoms with Gasteiger partial charge in [-0.15, -0.1) is 0 Å². The number of aryl methyl sites for hydroxylation is 2. The van der Waals surface area contributed by atoms with Gasteiger partial charge in [0.1, 0.15) is 0 Å². The lowest BCUT2D eigenvalue weighted by atomic mass is 9.99. The smallest absolute Gasteiger partial charge is 0.220 e. The molecule has 0 radical (unpaired) electrons. The van der Waals surface area contributed by atoms with Gasteiger partial charge in [-0.05, 0) is 36.4 Å². The molecule has 0 unspecified atom stereocenters. The maximum atomic E-state index is 11.9. The summed E-state index contributed by atoms with van der Waals surface area (Å²) < 4.78 is 1.77. The second-order valence-electron chi connectivity index (χ2n) is 6.57. The zero-order chi connectivity index (χ0) is 16.8. The lowest BCUT2D eigenvalue weighted by Crippen LogP contribution is -2.33. The molecule has 1 aliphatic heterocycles. The quantitative estimate of drug-likeness (QED) is 0.846. The number of hydrogen-bond donors (Lipinski definition) is 1. The van der Waals surface area contributed by atoms with E-state index in [0.717, 1.165) is 38.2 Å². The predicted octanol–water partition coefficient (Wildman–Crippen LogP) is 1.96. The highest BCUT2D eigenvalue weighted by Crippen LogP contribution is 2.26. The van der Waals surface area contributed by atoms with E-state index < -0.39 is 0 Å². The summed E-state index contributed by atoms with van der Waals surface area (Å²) in [5, 5.41) is 7.15. The molecule has 3 rings (SSSR count). The highest BCUT2D eigenvalue weighted by Gasteiger charge is 2.23. The van der Waals surface area contributed by atoms with E-state index in [2.05, 4.69) is 45.6 Å². The van der Waals surface area contributed by atoms with E-state index in [4.69, 9.17) is 0 Å². The Hall–Kier alpha value is -2.14. The first-order valence-corrected chi connectivity index (χ1v) is 8.72. The first-order chi connectivity index (χ1) is 11.7. The molecule has 1 amide bonds. The maximum Gasteiger partial charge on any atom is 0.220 e. The van der Waals surface area contributed by atoms with Gasteiger partial charge in [-0.3, -0.25) is 9.48 Å². The van der Waals surface area contributed by atoms with Crippen LogP contribution >= 0.6 is 0 Å². The number of benzene rings is 1. The molecule has 2 heterocycles. The molecule has 2 aromatic rings. The molecule has 24 heavy (non-hydrogen) atoms. The van der Waals surface area contributed by atoms with Crippen molar-refractivity contribution in [3.63, 3.8) is 0 Å². The molecule has 1 atom stereocenters. The van der Waals surface area contributed by atoms with E-state index in [-0.39, 0.29) is 5.91 Å². The minimum Gasteiger partial charge on any atom is -0.355 e. The first-order valence-electron chi connectivity index (χ1n) is 8.72. The number of likely N-dealkylation sites (tertiary alicyclic amines) is 1. The van der Waals surface area contributed by atoms with Crippen LogP contribution in [-0.4, -0.2) is 46.8 Å². The van der Waals surface area contributed by atoms with Gasteiger partial charge >= 0.3 is 0 Å². The van der Waals surface area contributed by atoms with Crippen LogP contribution in [0.1, 0.15) is 29.9 Å². The molecule has 0 saturated carbocycles. The SMILES string of the molecule is Cn1cc(CCC(=O)NCCN2CC[C@@H](c3ccccc3)C2)cn1. The Morgan fingerprint density at radius 1 is 1.33 bits per heavy atom. The van der Waals surface area contributed by atoms with Gasteiger partial charge in [-0.1, -0.05) is 30.3 Å². The van der Waals surface area contributed by atoms with Gasteiger partial charge in [-0.25, -0.2) is 0 Å². The highest BCUT2D eigenvalue weighted by molar-refractivity contribution is 5.76. The van der Waals surface area contributed by atoms with Crippen LogP contribution in [-0.2, 0) is 18.3 Å². The third-order valence-corrected chi connectivity index (χ3v) is 4.69. The molecule has 1 aliphatic rings. The van der Waals surface area contributed by atoms with E-state index in [1.165, 1.54) is 12.0 Å². The first kappa shape index (κ1) is 16.7. The third kappa shape index (κ3) is 4.68. The molecule has 1 saturated heterocycles. The molecule has 128 valence electrons. The summed E-state index contributed by atoms with van der Waals surface area (Å²) >= 11 is 0. The Bertz CT molecular complexity index is 652. The molecule has 1 N–H and O–H groups in total. The van der Waals surface area contributed by atoms with Crippen molar-refractivity contribution in [1.29, 1.82) is 0 Å². The number of hydrogen-bond acceptors (Lipinski definition) is 3. The fourth-order valence-electron chi connectivity index (χ4n) is 3.33. The third-order valence-electron chi connectivity index (χ3n) is 4.69. The normalized spacial score (nSPS) is 18.0. The van der Waals surface area contributed by atoms with Gasteiger partial charge in [0.15, 0.2) is 0 Å². The predicted molar refractivity (Wildman–Crippen MR) is 94.8 cm³/mol. The molecule has 0 bridgehead atoms. The van der Waals surface area contributed by atoms with Crippen molar-refractivity contribution in [3.8, 4) is 0 Å². The lowest BCUT2D eigenvalue weighted by molar-refractivity contribution is -0.121. The van der Waals surface area contributed by atoms with Crippen molar-refractivity contribution in [2.45, 2.75) is 25.2 Å². The van der Waals surface area contributed by atoms with Gasteiger partial charge in [-0.2, -0.15) is 5.10 Å². The number of rotatable bonds is 7. The lowest BCUT2D eigenvalue weighted by Gasteiger charge is -2.16. The van der Waals surface area contributed by atoms with Gasteiger partial charge in [0.25, 0.3) is 0 Å². The van der Waals surface area contributed by atoms with Crippen molar-refractivity contribution in [2.75, 3.05) is 26.2 Å². The van der Waals surface area contributed by atoms with Crippen LogP contribution in [0.25, 0.3) is 0 Å². The molecule has 5 heteroatoms. The van der Waals surface area contributed by atoms with Crippen molar-refractivity contribution < 1.29 is 4.79 Å². The molecule has 0 spiro atoms. The topological polar surface area (TPSA) is 50.2 Å². The average molecular weight is 326 g/mol. The fraction of sp³-hybridized carbons (Fsp3) is 0.474. The molecule has 5 nitrogen and oxygen atoms in total. The highest BCUT2D eigenvalue weighted by atomic mass is 16.1. The molecule has 1 aromatic carbocycles. The Labute approximate surface area is 143 Å². The van der Waals surface area contributed by atoms with Crippen LogP contribution in [0.5, 0.6) is 0 Å². The molecule has 1 fully saturated rings. The number of nitrogens with one attached hydrogen (secondary N) is 1. The van der Waals surface area contributed by atoms with Crippen LogP contribution < -0.4 is 5.32 Å². The molecule has 1 aromatic heterocycles. The molecular weight excluding hydrogens is 300 g/mol. The minimum absolute atomic E-state index is 0.123. The summed E-state index contributed by atoms with van der Waals surface area (Å²) in [5.41, 5.74) is 2.54.